The highest BCUT2D eigenvalue weighted by Crippen LogP contribution is 2.49. The van der Waals surface area contributed by atoms with Crippen LogP contribution >= 0.6 is 0 Å². The molecule has 2 atom stereocenters. The number of fused-ring (bicyclic) bond motifs is 1. The van der Waals surface area contributed by atoms with Gasteiger partial charge in [0.15, 0.2) is 0 Å². The fraction of sp³-hybridized carbons (Fsp3) is 0.579. The molecule has 1 aliphatic heterocycles. The Kier molecular flexibility index (Phi) is 4.62. The van der Waals surface area contributed by atoms with Crippen LogP contribution in [0.1, 0.15) is 39.2 Å². The minimum Gasteiger partial charge on any atom is -0.445 e. The first-order valence-corrected chi connectivity index (χ1v) is 8.74. The second-order valence-electron chi connectivity index (χ2n) is 7.93. The van der Waals surface area contributed by atoms with Gasteiger partial charge < -0.3 is 19.7 Å². The minimum atomic E-state index is -0.534. The second kappa shape index (κ2) is 6.58. The van der Waals surface area contributed by atoms with Crippen LogP contribution < -0.4 is 5.32 Å². The Bertz CT molecular complexity index is 641. The van der Waals surface area contributed by atoms with Gasteiger partial charge in [-0.1, -0.05) is 30.3 Å². The Morgan fingerprint density at radius 1 is 1.28 bits per heavy atom. The van der Waals surface area contributed by atoms with Gasteiger partial charge >= 0.3 is 12.2 Å². The van der Waals surface area contributed by atoms with Crippen molar-refractivity contribution < 1.29 is 19.1 Å². The van der Waals surface area contributed by atoms with E-state index in [9.17, 15) is 9.59 Å². The summed E-state index contributed by atoms with van der Waals surface area (Å²) in [5.41, 5.74) is 0.0687. The number of piperidine rings is 1. The molecule has 2 unspecified atom stereocenters. The van der Waals surface area contributed by atoms with Crippen molar-refractivity contribution in [2.24, 2.45) is 5.92 Å². The summed E-state index contributed by atoms with van der Waals surface area (Å²) in [6, 6.07) is 9.60. The van der Waals surface area contributed by atoms with E-state index in [0.717, 1.165) is 18.4 Å². The summed E-state index contributed by atoms with van der Waals surface area (Å²) in [5.74, 6) is 0.415. The van der Waals surface area contributed by atoms with Crippen molar-refractivity contribution in [1.82, 2.24) is 10.2 Å². The molecule has 6 heteroatoms. The summed E-state index contributed by atoms with van der Waals surface area (Å²) in [5, 5.41) is 2.97. The van der Waals surface area contributed by atoms with Gasteiger partial charge in [0.05, 0.1) is 5.54 Å². The first kappa shape index (κ1) is 17.6. The lowest BCUT2D eigenvalue weighted by atomic mass is 10.1. The number of amides is 2. The number of rotatable bonds is 3. The van der Waals surface area contributed by atoms with Crippen LogP contribution in [0.3, 0.4) is 0 Å². The molecule has 2 fully saturated rings. The highest BCUT2D eigenvalue weighted by molar-refractivity contribution is 5.71. The molecule has 1 aromatic carbocycles. The lowest BCUT2D eigenvalue weighted by Gasteiger charge is -2.33. The van der Waals surface area contributed by atoms with Crippen LogP contribution in [0.25, 0.3) is 0 Å². The zero-order valence-corrected chi connectivity index (χ0v) is 15.1. The Morgan fingerprint density at radius 2 is 2.00 bits per heavy atom. The predicted octanol–water partition coefficient (Wildman–Crippen LogP) is 3.31. The fourth-order valence-corrected chi connectivity index (χ4v) is 3.35. The summed E-state index contributed by atoms with van der Waals surface area (Å²) in [6.45, 7) is 6.90. The molecule has 3 rings (SSSR count). The van der Waals surface area contributed by atoms with Crippen molar-refractivity contribution in [1.29, 1.82) is 0 Å². The highest BCUT2D eigenvalue weighted by atomic mass is 16.6. The second-order valence-corrected chi connectivity index (χ2v) is 7.93. The van der Waals surface area contributed by atoms with Crippen molar-refractivity contribution >= 4 is 12.2 Å². The number of carbonyl (C=O) groups is 2. The number of alkyl carbamates (subject to hydrolysis) is 1. The smallest absolute Gasteiger partial charge is 0.410 e. The topological polar surface area (TPSA) is 67.9 Å². The van der Waals surface area contributed by atoms with Crippen LogP contribution in [-0.4, -0.2) is 41.3 Å². The van der Waals surface area contributed by atoms with E-state index in [0.29, 0.717) is 19.0 Å². The van der Waals surface area contributed by atoms with E-state index in [1.807, 2.05) is 51.1 Å². The molecule has 0 spiro atoms. The van der Waals surface area contributed by atoms with Gasteiger partial charge in [-0.25, -0.2) is 9.59 Å². The maximum atomic E-state index is 12.4. The van der Waals surface area contributed by atoms with E-state index in [1.165, 1.54) is 0 Å². The van der Waals surface area contributed by atoms with Gasteiger partial charge in [0.1, 0.15) is 12.2 Å². The molecule has 1 N–H and O–H groups in total. The van der Waals surface area contributed by atoms with Gasteiger partial charge in [-0.3, -0.25) is 0 Å². The first-order valence-electron chi connectivity index (χ1n) is 8.74. The third kappa shape index (κ3) is 4.44. The average Bonchev–Trinajstić information content (AvgIpc) is 3.24. The Balaban J connectivity index is 1.52. The van der Waals surface area contributed by atoms with Crippen molar-refractivity contribution in [3.8, 4) is 0 Å². The number of likely N-dealkylation sites (tertiary alicyclic amines) is 1. The standard InChI is InChI=1S/C19H26N2O4/c1-18(2,3)25-16(22)20-19-11-15(19)9-10-21(13-19)17(23)24-12-14-7-5-4-6-8-14/h4-8,15H,9-13H2,1-3H3,(H,20,22). The van der Waals surface area contributed by atoms with Crippen molar-refractivity contribution in [2.45, 2.75) is 51.4 Å². The van der Waals surface area contributed by atoms with Crippen LogP contribution in [0.2, 0.25) is 0 Å². The molecule has 0 bridgehead atoms. The number of nitrogens with one attached hydrogen (secondary N) is 1. The summed E-state index contributed by atoms with van der Waals surface area (Å²) in [7, 11) is 0. The quantitative estimate of drug-likeness (QED) is 0.912. The van der Waals surface area contributed by atoms with Crippen LogP contribution in [0.5, 0.6) is 0 Å². The maximum Gasteiger partial charge on any atom is 0.410 e. The minimum absolute atomic E-state index is 0.256. The third-order valence-corrected chi connectivity index (χ3v) is 4.67. The molecule has 2 amide bonds. The Morgan fingerprint density at radius 3 is 2.68 bits per heavy atom. The van der Waals surface area contributed by atoms with E-state index >= 15 is 0 Å². The number of benzene rings is 1. The lowest BCUT2D eigenvalue weighted by Crippen LogP contribution is -2.53. The third-order valence-electron chi connectivity index (χ3n) is 4.67. The highest BCUT2D eigenvalue weighted by Gasteiger charge is 2.59. The van der Waals surface area contributed by atoms with Gasteiger partial charge in [0.25, 0.3) is 0 Å². The van der Waals surface area contributed by atoms with Crippen LogP contribution in [0, 0.1) is 5.92 Å². The van der Waals surface area contributed by atoms with Crippen molar-refractivity contribution in [3.63, 3.8) is 0 Å². The number of nitrogens with zero attached hydrogens (tertiary/aromatic N) is 1. The van der Waals surface area contributed by atoms with Crippen molar-refractivity contribution in [2.75, 3.05) is 13.1 Å². The molecule has 1 saturated heterocycles. The predicted molar refractivity (Wildman–Crippen MR) is 93.0 cm³/mol. The van der Waals surface area contributed by atoms with Crippen LogP contribution in [0.15, 0.2) is 30.3 Å². The van der Waals surface area contributed by atoms with E-state index in [4.69, 9.17) is 9.47 Å². The first-order chi connectivity index (χ1) is 11.8. The zero-order chi connectivity index (χ0) is 18.1. The van der Waals surface area contributed by atoms with E-state index in [-0.39, 0.29) is 18.2 Å². The number of hydrogen-bond donors (Lipinski definition) is 1. The Hall–Kier alpha value is -2.24. The molecule has 1 aromatic rings. The van der Waals surface area contributed by atoms with Gasteiger partial charge in [0, 0.05) is 13.1 Å². The molecule has 0 aromatic heterocycles. The molecule has 1 aliphatic carbocycles. The number of carbonyl (C=O) groups excluding carboxylic acids is 2. The van der Waals surface area contributed by atoms with Crippen molar-refractivity contribution in [3.05, 3.63) is 35.9 Å². The molecule has 0 radical (unpaired) electrons. The summed E-state index contributed by atoms with van der Waals surface area (Å²) < 4.78 is 10.8. The van der Waals surface area contributed by atoms with Gasteiger partial charge in [-0.2, -0.15) is 0 Å². The molecule has 1 saturated carbocycles. The molecule has 136 valence electrons. The van der Waals surface area contributed by atoms with Crippen LogP contribution in [-0.2, 0) is 16.1 Å². The van der Waals surface area contributed by atoms with Gasteiger partial charge in [0.2, 0.25) is 0 Å². The SMILES string of the molecule is CC(C)(C)OC(=O)NC12CC1CCN(C(=O)OCc1ccccc1)C2. The molecule has 25 heavy (non-hydrogen) atoms. The summed E-state index contributed by atoms with van der Waals surface area (Å²) in [6.07, 6.45) is 0.999. The maximum absolute atomic E-state index is 12.4. The average molecular weight is 346 g/mol. The zero-order valence-electron chi connectivity index (χ0n) is 15.1. The molecule has 2 aliphatic rings. The Labute approximate surface area is 148 Å². The van der Waals surface area contributed by atoms with Crippen LogP contribution in [0.4, 0.5) is 9.59 Å². The van der Waals surface area contributed by atoms with Gasteiger partial charge in [-0.15, -0.1) is 0 Å². The summed E-state index contributed by atoms with van der Waals surface area (Å²) >= 11 is 0. The van der Waals surface area contributed by atoms with Gasteiger partial charge in [-0.05, 0) is 45.1 Å². The molecular formula is C19H26N2O4. The monoisotopic (exact) mass is 346 g/mol. The number of hydrogen-bond acceptors (Lipinski definition) is 4. The summed E-state index contributed by atoms with van der Waals surface area (Å²) in [4.78, 5) is 26.1. The fourth-order valence-electron chi connectivity index (χ4n) is 3.35. The largest absolute Gasteiger partial charge is 0.445 e. The number of ether oxygens (including phenoxy) is 2. The lowest BCUT2D eigenvalue weighted by molar-refractivity contribution is 0.0434. The van der Waals surface area contributed by atoms with E-state index in [2.05, 4.69) is 5.32 Å². The van der Waals surface area contributed by atoms with E-state index in [1.54, 1.807) is 4.90 Å². The van der Waals surface area contributed by atoms with E-state index < -0.39 is 11.7 Å². The molecule has 1 heterocycles. The normalized spacial score (nSPS) is 24.9. The molecule has 6 nitrogen and oxygen atoms in total. The molecular weight excluding hydrogens is 320 g/mol.